The first kappa shape index (κ1) is 14.5. The number of halogens is 1. The second-order valence-electron chi connectivity index (χ2n) is 6.63. The number of piperidine rings is 1. The van der Waals surface area contributed by atoms with Gasteiger partial charge < -0.3 is 5.32 Å². The van der Waals surface area contributed by atoms with Gasteiger partial charge in [-0.25, -0.2) is 4.39 Å². The molecule has 2 aromatic rings. The quantitative estimate of drug-likeness (QED) is 0.890. The van der Waals surface area contributed by atoms with E-state index in [1.54, 1.807) is 0 Å². The van der Waals surface area contributed by atoms with Crippen LogP contribution in [0.4, 0.5) is 10.1 Å². The van der Waals surface area contributed by atoms with Crippen LogP contribution >= 0.6 is 0 Å². The molecule has 0 saturated carbocycles. The molecule has 1 fully saturated rings. The minimum Gasteiger partial charge on any atom is -0.375 e. The molecule has 118 valence electrons. The van der Waals surface area contributed by atoms with E-state index < -0.39 is 0 Å². The molecule has 0 aromatic heterocycles. The van der Waals surface area contributed by atoms with Crippen LogP contribution in [0.1, 0.15) is 24.0 Å². The van der Waals surface area contributed by atoms with E-state index in [1.807, 2.05) is 12.1 Å². The minimum atomic E-state index is -0.171. The maximum absolute atomic E-state index is 13.0. The van der Waals surface area contributed by atoms with Crippen LogP contribution in [-0.4, -0.2) is 23.5 Å². The molecule has 1 saturated heterocycles. The molecule has 23 heavy (non-hydrogen) atoms. The largest absolute Gasteiger partial charge is 0.375 e. The summed E-state index contributed by atoms with van der Waals surface area (Å²) in [5.74, 6) is -0.171. The third-order valence-electron chi connectivity index (χ3n) is 5.23. The van der Waals surface area contributed by atoms with Gasteiger partial charge >= 0.3 is 0 Å². The smallest absolute Gasteiger partial charge is 0.123 e. The standard InChI is InChI=1S/C20H21FN2/c1-15-18-4-2-3-5-19(18)22-20(15)10-12-23(13-11-20)14-16-6-8-17(21)9-7-16/h2-9,22H,1,10-14H2. The van der Waals surface area contributed by atoms with Crippen molar-refractivity contribution in [1.29, 1.82) is 0 Å². The molecule has 3 heteroatoms. The van der Waals surface area contributed by atoms with E-state index in [4.69, 9.17) is 0 Å². The van der Waals surface area contributed by atoms with Gasteiger partial charge in [-0.3, -0.25) is 4.90 Å². The van der Waals surface area contributed by atoms with Gasteiger partial charge in [0.25, 0.3) is 0 Å². The molecule has 1 spiro atoms. The zero-order chi connectivity index (χ0) is 15.9. The number of anilines is 1. The molecule has 0 bridgehead atoms. The molecule has 2 nitrogen and oxygen atoms in total. The van der Waals surface area contributed by atoms with Crippen molar-refractivity contribution < 1.29 is 4.39 Å². The molecular weight excluding hydrogens is 287 g/mol. The van der Waals surface area contributed by atoms with Crippen LogP contribution in [0.15, 0.2) is 55.1 Å². The van der Waals surface area contributed by atoms with Gasteiger partial charge in [-0.2, -0.15) is 0 Å². The van der Waals surface area contributed by atoms with E-state index in [-0.39, 0.29) is 11.4 Å². The summed E-state index contributed by atoms with van der Waals surface area (Å²) >= 11 is 0. The van der Waals surface area contributed by atoms with Gasteiger partial charge in [-0.1, -0.05) is 36.9 Å². The van der Waals surface area contributed by atoms with Crippen LogP contribution in [-0.2, 0) is 6.54 Å². The average Bonchev–Trinajstić information content (AvgIpc) is 2.85. The van der Waals surface area contributed by atoms with E-state index in [1.165, 1.54) is 34.5 Å². The van der Waals surface area contributed by atoms with Crippen molar-refractivity contribution in [2.24, 2.45) is 0 Å². The molecule has 0 amide bonds. The molecule has 4 rings (SSSR count). The lowest BCUT2D eigenvalue weighted by Gasteiger charge is -2.40. The van der Waals surface area contributed by atoms with Gasteiger partial charge in [0.2, 0.25) is 0 Å². The monoisotopic (exact) mass is 308 g/mol. The number of benzene rings is 2. The highest BCUT2D eigenvalue weighted by atomic mass is 19.1. The Morgan fingerprint density at radius 1 is 1.04 bits per heavy atom. The first-order chi connectivity index (χ1) is 11.2. The summed E-state index contributed by atoms with van der Waals surface area (Å²) in [5.41, 5.74) is 4.89. The Labute approximate surface area is 136 Å². The highest BCUT2D eigenvalue weighted by Crippen LogP contribution is 2.46. The number of hydrogen-bond donors (Lipinski definition) is 1. The Hall–Kier alpha value is -2.13. The molecule has 2 heterocycles. The fourth-order valence-electron chi connectivity index (χ4n) is 3.81. The molecule has 2 aliphatic heterocycles. The lowest BCUT2D eigenvalue weighted by atomic mass is 9.81. The van der Waals surface area contributed by atoms with Gasteiger partial charge in [0, 0.05) is 30.9 Å². The number of rotatable bonds is 2. The SMILES string of the molecule is C=C1c2ccccc2NC12CCN(Cc1ccc(F)cc1)CC2. The van der Waals surface area contributed by atoms with Crippen LogP contribution < -0.4 is 5.32 Å². The zero-order valence-corrected chi connectivity index (χ0v) is 13.2. The minimum absolute atomic E-state index is 0.0168. The van der Waals surface area contributed by atoms with Gasteiger partial charge in [0.15, 0.2) is 0 Å². The van der Waals surface area contributed by atoms with E-state index in [9.17, 15) is 4.39 Å². The molecule has 0 aliphatic carbocycles. The van der Waals surface area contributed by atoms with Crippen LogP contribution in [0.2, 0.25) is 0 Å². The first-order valence-electron chi connectivity index (χ1n) is 8.20. The number of hydrogen-bond acceptors (Lipinski definition) is 2. The molecule has 0 atom stereocenters. The molecule has 1 N–H and O–H groups in total. The Kier molecular flexibility index (Phi) is 3.46. The van der Waals surface area contributed by atoms with Crippen molar-refractivity contribution >= 4 is 11.3 Å². The van der Waals surface area contributed by atoms with E-state index in [0.717, 1.165) is 32.5 Å². The second-order valence-corrected chi connectivity index (χ2v) is 6.63. The molecule has 0 unspecified atom stereocenters. The van der Waals surface area contributed by atoms with E-state index in [2.05, 4.69) is 41.1 Å². The summed E-state index contributed by atoms with van der Waals surface area (Å²) in [6.07, 6.45) is 2.11. The van der Waals surface area contributed by atoms with E-state index >= 15 is 0 Å². The van der Waals surface area contributed by atoms with Crippen molar-refractivity contribution in [3.63, 3.8) is 0 Å². The summed E-state index contributed by atoms with van der Waals surface area (Å²) in [6, 6.07) is 15.3. The summed E-state index contributed by atoms with van der Waals surface area (Å²) in [6.45, 7) is 7.30. The Bertz CT molecular complexity index is 728. The topological polar surface area (TPSA) is 15.3 Å². The van der Waals surface area contributed by atoms with Crippen LogP contribution in [0.3, 0.4) is 0 Å². The Morgan fingerprint density at radius 2 is 1.74 bits per heavy atom. The lowest BCUT2D eigenvalue weighted by Crippen LogP contribution is -2.47. The van der Waals surface area contributed by atoms with Crippen molar-refractivity contribution in [2.75, 3.05) is 18.4 Å². The van der Waals surface area contributed by atoms with Crippen molar-refractivity contribution in [3.05, 3.63) is 72.1 Å². The number of para-hydroxylation sites is 1. The number of nitrogens with zero attached hydrogens (tertiary/aromatic N) is 1. The van der Waals surface area contributed by atoms with Crippen molar-refractivity contribution in [1.82, 2.24) is 4.90 Å². The van der Waals surface area contributed by atoms with Gasteiger partial charge in [-0.15, -0.1) is 0 Å². The summed E-state index contributed by atoms with van der Waals surface area (Å²) < 4.78 is 13.0. The average molecular weight is 308 g/mol. The normalized spacial score (nSPS) is 19.6. The molecular formula is C20H21FN2. The number of fused-ring (bicyclic) bond motifs is 1. The number of likely N-dealkylation sites (tertiary alicyclic amines) is 1. The fourth-order valence-corrected chi connectivity index (χ4v) is 3.81. The molecule has 2 aliphatic rings. The van der Waals surface area contributed by atoms with Gasteiger partial charge in [-0.05, 0) is 42.2 Å². The highest BCUT2D eigenvalue weighted by molar-refractivity contribution is 5.88. The summed E-state index contributed by atoms with van der Waals surface area (Å²) in [4.78, 5) is 2.44. The highest BCUT2D eigenvalue weighted by Gasteiger charge is 2.42. The van der Waals surface area contributed by atoms with Gasteiger partial charge in [0.05, 0.1) is 5.54 Å². The van der Waals surface area contributed by atoms with Crippen LogP contribution in [0.25, 0.3) is 5.57 Å². The Morgan fingerprint density at radius 3 is 2.43 bits per heavy atom. The van der Waals surface area contributed by atoms with Crippen LogP contribution in [0.5, 0.6) is 0 Å². The third-order valence-corrected chi connectivity index (χ3v) is 5.23. The number of nitrogens with one attached hydrogen (secondary N) is 1. The van der Waals surface area contributed by atoms with Crippen LogP contribution in [0, 0.1) is 5.82 Å². The fraction of sp³-hybridized carbons (Fsp3) is 0.300. The van der Waals surface area contributed by atoms with E-state index in [0.29, 0.717) is 0 Å². The van der Waals surface area contributed by atoms with Crippen molar-refractivity contribution in [2.45, 2.75) is 24.9 Å². The summed E-state index contributed by atoms with van der Waals surface area (Å²) in [5, 5.41) is 3.72. The molecule has 2 aromatic carbocycles. The van der Waals surface area contributed by atoms with Crippen molar-refractivity contribution in [3.8, 4) is 0 Å². The lowest BCUT2D eigenvalue weighted by molar-refractivity contribution is 0.192. The second kappa shape index (κ2) is 5.50. The maximum atomic E-state index is 13.0. The predicted octanol–water partition coefficient (Wildman–Crippen LogP) is 4.30. The third kappa shape index (κ3) is 2.55. The maximum Gasteiger partial charge on any atom is 0.123 e. The summed E-state index contributed by atoms with van der Waals surface area (Å²) in [7, 11) is 0. The molecule has 0 radical (unpaired) electrons. The van der Waals surface area contributed by atoms with Gasteiger partial charge in [0.1, 0.15) is 5.82 Å². The first-order valence-corrected chi connectivity index (χ1v) is 8.20. The predicted molar refractivity (Wildman–Crippen MR) is 92.7 cm³/mol. The zero-order valence-electron chi connectivity index (χ0n) is 13.2. The Balaban J connectivity index is 1.44.